The average molecular weight is 360 g/mol. The van der Waals surface area contributed by atoms with Crippen LogP contribution in [-0.2, 0) is 22.7 Å². The van der Waals surface area contributed by atoms with Crippen LogP contribution in [0.1, 0.15) is 11.1 Å². The molecule has 0 radical (unpaired) electrons. The van der Waals surface area contributed by atoms with Crippen molar-refractivity contribution in [2.45, 2.75) is 36.8 Å². The Morgan fingerprint density at radius 2 is 1.36 bits per heavy atom. The van der Waals surface area contributed by atoms with E-state index in [-0.39, 0.29) is 18.0 Å². The zero-order valence-electron chi connectivity index (χ0n) is 14.0. The van der Waals surface area contributed by atoms with Gasteiger partial charge in [0.05, 0.1) is 31.2 Å². The van der Waals surface area contributed by atoms with Crippen LogP contribution < -0.4 is 0 Å². The third-order valence-corrected chi connectivity index (χ3v) is 5.68. The number of rotatable bonds is 7. The molecule has 0 unspecified atom stereocenters. The van der Waals surface area contributed by atoms with Crippen molar-refractivity contribution in [3.05, 3.63) is 71.8 Å². The fourth-order valence-electron chi connectivity index (χ4n) is 2.94. The van der Waals surface area contributed by atoms with Crippen molar-refractivity contribution in [1.82, 2.24) is 0 Å². The van der Waals surface area contributed by atoms with Gasteiger partial charge in [0, 0.05) is 5.75 Å². The molecular weight excluding hydrogens is 336 g/mol. The lowest BCUT2D eigenvalue weighted by molar-refractivity contribution is -0.133. The summed E-state index contributed by atoms with van der Waals surface area (Å²) in [5, 5.41) is 20.0. The maximum atomic E-state index is 10.4. The molecule has 134 valence electrons. The second-order valence-corrected chi connectivity index (χ2v) is 7.42. The highest BCUT2D eigenvalue weighted by molar-refractivity contribution is 8.00. The Kier molecular flexibility index (Phi) is 6.90. The first-order valence-electron chi connectivity index (χ1n) is 8.49. The quantitative estimate of drug-likeness (QED) is 0.795. The van der Waals surface area contributed by atoms with E-state index in [0.717, 1.165) is 11.1 Å². The number of thioether (sulfide) groups is 1. The minimum atomic E-state index is -0.614. The van der Waals surface area contributed by atoms with Crippen molar-refractivity contribution in [1.29, 1.82) is 0 Å². The average Bonchev–Trinajstić information content (AvgIpc) is 2.67. The van der Waals surface area contributed by atoms with Crippen molar-refractivity contribution < 1.29 is 19.7 Å². The Bertz CT molecular complexity index is 622. The van der Waals surface area contributed by atoms with Crippen LogP contribution in [0.5, 0.6) is 0 Å². The van der Waals surface area contributed by atoms with Gasteiger partial charge in [0.15, 0.2) is 0 Å². The van der Waals surface area contributed by atoms with Gasteiger partial charge in [-0.2, -0.15) is 11.8 Å². The van der Waals surface area contributed by atoms with E-state index in [0.29, 0.717) is 19.0 Å². The largest absolute Gasteiger partial charge is 0.395 e. The van der Waals surface area contributed by atoms with E-state index < -0.39 is 12.2 Å². The van der Waals surface area contributed by atoms with Crippen molar-refractivity contribution in [2.75, 3.05) is 12.4 Å². The van der Waals surface area contributed by atoms with Crippen LogP contribution in [0.15, 0.2) is 60.7 Å². The van der Waals surface area contributed by atoms with Crippen LogP contribution in [0, 0.1) is 0 Å². The van der Waals surface area contributed by atoms with Crippen LogP contribution in [0.4, 0.5) is 0 Å². The number of aliphatic hydroxyl groups is 2. The molecule has 1 fully saturated rings. The van der Waals surface area contributed by atoms with Gasteiger partial charge in [0.1, 0.15) is 12.2 Å². The molecule has 4 atom stereocenters. The molecule has 0 amide bonds. The van der Waals surface area contributed by atoms with Crippen LogP contribution in [0.3, 0.4) is 0 Å². The Hall–Kier alpha value is -1.37. The van der Waals surface area contributed by atoms with E-state index in [1.54, 1.807) is 0 Å². The van der Waals surface area contributed by atoms with E-state index >= 15 is 0 Å². The van der Waals surface area contributed by atoms with Gasteiger partial charge in [-0.05, 0) is 11.1 Å². The summed E-state index contributed by atoms with van der Waals surface area (Å²) in [6.45, 7) is 0.846. The molecule has 3 rings (SSSR count). The minimum Gasteiger partial charge on any atom is -0.395 e. The first-order chi connectivity index (χ1) is 12.3. The highest BCUT2D eigenvalue weighted by atomic mass is 32.2. The molecule has 2 aromatic carbocycles. The molecule has 0 spiro atoms. The van der Waals surface area contributed by atoms with Crippen molar-refractivity contribution >= 4 is 11.8 Å². The molecule has 1 aliphatic rings. The fourth-order valence-corrected chi connectivity index (χ4v) is 4.10. The number of hydrogen-bond acceptors (Lipinski definition) is 5. The SMILES string of the molecule is OC[C@@H]1SC[C@@H](O)[C@@H](OCc2ccccc2)[C@@H]1OCc1ccccc1. The Labute approximate surface area is 152 Å². The highest BCUT2D eigenvalue weighted by Gasteiger charge is 2.40. The van der Waals surface area contributed by atoms with E-state index in [1.165, 1.54) is 11.8 Å². The molecular formula is C20H24O4S. The molecule has 0 bridgehead atoms. The number of hydrogen-bond donors (Lipinski definition) is 2. The van der Waals surface area contributed by atoms with Crippen LogP contribution in [0.25, 0.3) is 0 Å². The molecule has 2 aromatic rings. The summed E-state index contributed by atoms with van der Waals surface area (Å²) in [6.07, 6.45) is -1.43. The molecule has 0 aromatic heterocycles. The van der Waals surface area contributed by atoms with Gasteiger partial charge in [-0.1, -0.05) is 60.7 Å². The monoisotopic (exact) mass is 360 g/mol. The molecule has 2 N–H and O–H groups in total. The van der Waals surface area contributed by atoms with E-state index in [1.807, 2.05) is 60.7 Å². The zero-order valence-corrected chi connectivity index (χ0v) is 14.8. The molecule has 1 saturated heterocycles. The summed E-state index contributed by atoms with van der Waals surface area (Å²) in [6, 6.07) is 19.8. The molecule has 5 heteroatoms. The predicted octanol–water partition coefficient (Wildman–Crippen LogP) is 2.63. The van der Waals surface area contributed by atoms with Gasteiger partial charge < -0.3 is 19.7 Å². The second-order valence-electron chi connectivity index (χ2n) is 6.14. The summed E-state index contributed by atoms with van der Waals surface area (Å²) in [4.78, 5) is 0. The summed E-state index contributed by atoms with van der Waals surface area (Å²) >= 11 is 1.53. The topological polar surface area (TPSA) is 58.9 Å². The third kappa shape index (κ3) is 5.06. The minimum absolute atomic E-state index is 0.00202. The Morgan fingerprint density at radius 1 is 0.840 bits per heavy atom. The molecule has 0 aliphatic carbocycles. The predicted molar refractivity (Wildman–Crippen MR) is 99.4 cm³/mol. The lowest BCUT2D eigenvalue weighted by Gasteiger charge is -2.39. The second kappa shape index (κ2) is 9.36. The summed E-state index contributed by atoms with van der Waals surface area (Å²) in [5.74, 6) is 0.538. The first kappa shape index (κ1) is 18.4. The van der Waals surface area contributed by atoms with Gasteiger partial charge in [-0.15, -0.1) is 0 Å². The van der Waals surface area contributed by atoms with E-state index in [2.05, 4.69) is 0 Å². The Morgan fingerprint density at radius 3 is 1.88 bits per heavy atom. The molecule has 4 nitrogen and oxygen atoms in total. The fraction of sp³-hybridized carbons (Fsp3) is 0.400. The Balaban J connectivity index is 1.67. The van der Waals surface area contributed by atoms with Gasteiger partial charge >= 0.3 is 0 Å². The van der Waals surface area contributed by atoms with Crippen molar-refractivity contribution in [3.63, 3.8) is 0 Å². The molecule has 1 heterocycles. The van der Waals surface area contributed by atoms with Crippen LogP contribution in [-0.4, -0.2) is 46.1 Å². The van der Waals surface area contributed by atoms with Gasteiger partial charge in [0.2, 0.25) is 0 Å². The van der Waals surface area contributed by atoms with Crippen molar-refractivity contribution in [2.24, 2.45) is 0 Å². The summed E-state index contributed by atoms with van der Waals surface area (Å²) in [7, 11) is 0. The number of ether oxygens (including phenoxy) is 2. The number of benzene rings is 2. The van der Waals surface area contributed by atoms with Crippen LogP contribution in [0.2, 0.25) is 0 Å². The van der Waals surface area contributed by atoms with Gasteiger partial charge in [0.25, 0.3) is 0 Å². The van der Waals surface area contributed by atoms with Gasteiger partial charge in [-0.25, -0.2) is 0 Å². The zero-order chi connectivity index (χ0) is 17.5. The normalized spacial score (nSPS) is 26.5. The lowest BCUT2D eigenvalue weighted by atomic mass is 10.0. The standard InChI is InChI=1S/C20H24O4S/c21-11-18-20(24-13-16-9-5-2-6-10-16)19(17(22)14-25-18)23-12-15-7-3-1-4-8-15/h1-10,17-22H,11-14H2/t17-,18+,19-,20-/m1/s1. The number of aliphatic hydroxyl groups excluding tert-OH is 2. The summed E-state index contributed by atoms with van der Waals surface area (Å²) < 4.78 is 12.1. The third-order valence-electron chi connectivity index (χ3n) is 4.30. The maximum absolute atomic E-state index is 10.4. The smallest absolute Gasteiger partial charge is 0.112 e. The first-order valence-corrected chi connectivity index (χ1v) is 9.54. The maximum Gasteiger partial charge on any atom is 0.112 e. The molecule has 1 aliphatic heterocycles. The molecule has 0 saturated carbocycles. The van der Waals surface area contributed by atoms with Gasteiger partial charge in [-0.3, -0.25) is 0 Å². The van der Waals surface area contributed by atoms with Crippen LogP contribution >= 0.6 is 11.8 Å². The summed E-state index contributed by atoms with van der Waals surface area (Å²) in [5.41, 5.74) is 2.11. The highest BCUT2D eigenvalue weighted by Crippen LogP contribution is 2.31. The molecule has 25 heavy (non-hydrogen) atoms. The lowest BCUT2D eigenvalue weighted by Crippen LogP contribution is -2.52. The van der Waals surface area contributed by atoms with Crippen molar-refractivity contribution in [3.8, 4) is 0 Å². The van der Waals surface area contributed by atoms with E-state index in [9.17, 15) is 10.2 Å². The van der Waals surface area contributed by atoms with E-state index in [4.69, 9.17) is 9.47 Å².